The van der Waals surface area contributed by atoms with Crippen molar-refractivity contribution in [2.24, 2.45) is 0 Å². The monoisotopic (exact) mass is 297 g/mol. The Balaban J connectivity index is 2.55. The van der Waals surface area contributed by atoms with Crippen molar-refractivity contribution in [1.29, 1.82) is 0 Å². The van der Waals surface area contributed by atoms with Gasteiger partial charge in [-0.05, 0) is 31.9 Å². The molecule has 1 atom stereocenters. The van der Waals surface area contributed by atoms with E-state index in [0.717, 1.165) is 44.2 Å². The van der Waals surface area contributed by atoms with Crippen LogP contribution in [0.4, 0.5) is 10.1 Å². The van der Waals surface area contributed by atoms with Gasteiger partial charge in [-0.15, -0.1) is 0 Å². The SMILES string of the molecule is CCCCCCC(C)OC(=O)c1ccc([N+](=O)[O-])c(F)c1. The number of hydrogen-bond donors (Lipinski definition) is 0. The number of carbonyl (C=O) groups is 1. The Kier molecular flexibility index (Phi) is 6.78. The summed E-state index contributed by atoms with van der Waals surface area (Å²) in [6, 6.07) is 3.01. The zero-order chi connectivity index (χ0) is 15.8. The van der Waals surface area contributed by atoms with Crippen molar-refractivity contribution in [2.45, 2.75) is 52.1 Å². The number of nitrogens with zero attached hydrogens (tertiary/aromatic N) is 1. The first kappa shape index (κ1) is 17.1. The molecule has 6 heteroatoms. The molecular formula is C15H20FNO4. The number of esters is 1. The van der Waals surface area contributed by atoms with E-state index in [-0.39, 0.29) is 11.7 Å². The predicted octanol–water partition coefficient (Wildman–Crippen LogP) is 4.25. The Labute approximate surface area is 123 Å². The average molecular weight is 297 g/mol. The summed E-state index contributed by atoms with van der Waals surface area (Å²) in [5, 5.41) is 10.5. The molecule has 0 aromatic heterocycles. The van der Waals surface area contributed by atoms with Crippen LogP contribution < -0.4 is 0 Å². The van der Waals surface area contributed by atoms with Crippen LogP contribution in [0.3, 0.4) is 0 Å². The van der Waals surface area contributed by atoms with E-state index in [4.69, 9.17) is 4.74 Å². The van der Waals surface area contributed by atoms with Gasteiger partial charge in [0.2, 0.25) is 5.82 Å². The van der Waals surface area contributed by atoms with Gasteiger partial charge in [-0.1, -0.05) is 26.2 Å². The summed E-state index contributed by atoms with van der Waals surface area (Å²) >= 11 is 0. The maximum atomic E-state index is 13.4. The molecule has 21 heavy (non-hydrogen) atoms. The molecular weight excluding hydrogens is 277 g/mol. The number of halogens is 1. The number of nitro groups is 1. The third-order valence-electron chi connectivity index (χ3n) is 3.15. The highest BCUT2D eigenvalue weighted by Crippen LogP contribution is 2.19. The third kappa shape index (κ3) is 5.49. The molecule has 1 unspecified atom stereocenters. The summed E-state index contributed by atoms with van der Waals surface area (Å²) in [7, 11) is 0. The van der Waals surface area contributed by atoms with E-state index in [1.54, 1.807) is 6.92 Å². The minimum Gasteiger partial charge on any atom is -0.459 e. The van der Waals surface area contributed by atoms with Crippen molar-refractivity contribution in [3.05, 3.63) is 39.7 Å². The van der Waals surface area contributed by atoms with Gasteiger partial charge in [0, 0.05) is 6.07 Å². The van der Waals surface area contributed by atoms with Gasteiger partial charge in [-0.2, -0.15) is 4.39 Å². The van der Waals surface area contributed by atoms with Gasteiger partial charge in [0.05, 0.1) is 16.6 Å². The molecule has 0 fully saturated rings. The summed E-state index contributed by atoms with van der Waals surface area (Å²) in [5.41, 5.74) is -0.669. The molecule has 0 bridgehead atoms. The molecule has 1 aromatic carbocycles. The normalized spacial score (nSPS) is 12.0. The van der Waals surface area contributed by atoms with Crippen molar-refractivity contribution < 1.29 is 18.8 Å². The molecule has 0 amide bonds. The van der Waals surface area contributed by atoms with Crippen molar-refractivity contribution in [1.82, 2.24) is 0 Å². The molecule has 0 aliphatic heterocycles. The standard InChI is InChI=1S/C15H20FNO4/c1-3-4-5-6-7-11(2)21-15(18)12-8-9-14(17(19)20)13(16)10-12/h8-11H,3-7H2,1-2H3. The van der Waals surface area contributed by atoms with Gasteiger partial charge >= 0.3 is 11.7 Å². The number of hydrogen-bond acceptors (Lipinski definition) is 4. The highest BCUT2D eigenvalue weighted by atomic mass is 19.1. The fourth-order valence-electron chi connectivity index (χ4n) is 1.95. The lowest BCUT2D eigenvalue weighted by Crippen LogP contribution is -2.15. The molecule has 0 N–H and O–H groups in total. The Bertz CT molecular complexity index is 504. The Hall–Kier alpha value is -1.98. The number of ether oxygens (including phenoxy) is 1. The molecule has 1 aromatic rings. The largest absolute Gasteiger partial charge is 0.459 e. The van der Waals surface area contributed by atoms with Crippen LogP contribution in [0, 0.1) is 15.9 Å². The fourth-order valence-corrected chi connectivity index (χ4v) is 1.95. The van der Waals surface area contributed by atoms with E-state index in [2.05, 4.69) is 6.92 Å². The van der Waals surface area contributed by atoms with Crippen molar-refractivity contribution in [2.75, 3.05) is 0 Å². The zero-order valence-electron chi connectivity index (χ0n) is 12.3. The van der Waals surface area contributed by atoms with Crippen LogP contribution in [-0.2, 0) is 4.74 Å². The molecule has 0 saturated carbocycles. The van der Waals surface area contributed by atoms with Crippen LogP contribution in [0.1, 0.15) is 56.3 Å². The minimum atomic E-state index is -1.04. The average Bonchev–Trinajstić information content (AvgIpc) is 2.43. The van der Waals surface area contributed by atoms with Gasteiger partial charge in [-0.25, -0.2) is 4.79 Å². The van der Waals surface area contributed by atoms with Crippen LogP contribution in [-0.4, -0.2) is 17.0 Å². The number of benzene rings is 1. The molecule has 116 valence electrons. The first-order valence-electron chi connectivity index (χ1n) is 7.10. The fraction of sp³-hybridized carbons (Fsp3) is 0.533. The Morgan fingerprint density at radius 1 is 1.38 bits per heavy atom. The van der Waals surface area contributed by atoms with E-state index in [0.29, 0.717) is 0 Å². The van der Waals surface area contributed by atoms with Crippen LogP contribution >= 0.6 is 0 Å². The maximum Gasteiger partial charge on any atom is 0.338 e. The Morgan fingerprint density at radius 2 is 2.10 bits per heavy atom. The molecule has 5 nitrogen and oxygen atoms in total. The smallest absolute Gasteiger partial charge is 0.338 e. The highest BCUT2D eigenvalue weighted by Gasteiger charge is 2.18. The molecule has 0 aliphatic rings. The molecule has 0 radical (unpaired) electrons. The van der Waals surface area contributed by atoms with Crippen LogP contribution in [0.5, 0.6) is 0 Å². The lowest BCUT2D eigenvalue weighted by Gasteiger charge is -2.13. The van der Waals surface area contributed by atoms with E-state index in [9.17, 15) is 19.3 Å². The number of rotatable bonds is 8. The van der Waals surface area contributed by atoms with E-state index >= 15 is 0 Å². The van der Waals surface area contributed by atoms with E-state index < -0.39 is 22.4 Å². The Morgan fingerprint density at radius 3 is 2.67 bits per heavy atom. The second kappa shape index (κ2) is 8.34. The molecule has 0 saturated heterocycles. The van der Waals surface area contributed by atoms with Crippen LogP contribution in [0.25, 0.3) is 0 Å². The first-order valence-corrected chi connectivity index (χ1v) is 7.10. The van der Waals surface area contributed by atoms with E-state index in [1.807, 2.05) is 0 Å². The topological polar surface area (TPSA) is 69.4 Å². The summed E-state index contributed by atoms with van der Waals surface area (Å²) in [4.78, 5) is 21.5. The van der Waals surface area contributed by atoms with Gasteiger partial charge < -0.3 is 4.74 Å². The summed E-state index contributed by atoms with van der Waals surface area (Å²) < 4.78 is 18.6. The maximum absolute atomic E-state index is 13.4. The zero-order valence-corrected chi connectivity index (χ0v) is 12.3. The van der Waals surface area contributed by atoms with Gasteiger partial charge in [-0.3, -0.25) is 10.1 Å². The number of carbonyl (C=O) groups excluding carboxylic acids is 1. The number of nitro benzene ring substituents is 1. The van der Waals surface area contributed by atoms with Crippen molar-refractivity contribution in [3.8, 4) is 0 Å². The lowest BCUT2D eigenvalue weighted by atomic mass is 10.1. The van der Waals surface area contributed by atoms with Gasteiger partial charge in [0.25, 0.3) is 0 Å². The van der Waals surface area contributed by atoms with Crippen molar-refractivity contribution in [3.63, 3.8) is 0 Å². The molecule has 0 aliphatic carbocycles. The number of unbranched alkanes of at least 4 members (excludes halogenated alkanes) is 3. The first-order chi connectivity index (χ1) is 9.95. The summed E-state index contributed by atoms with van der Waals surface area (Å²) in [6.45, 7) is 3.90. The summed E-state index contributed by atoms with van der Waals surface area (Å²) in [6.07, 6.45) is 4.83. The quantitative estimate of drug-likeness (QED) is 0.311. The second-order valence-corrected chi connectivity index (χ2v) is 4.99. The lowest BCUT2D eigenvalue weighted by molar-refractivity contribution is -0.387. The second-order valence-electron chi connectivity index (χ2n) is 4.99. The van der Waals surface area contributed by atoms with Crippen LogP contribution in [0.15, 0.2) is 18.2 Å². The van der Waals surface area contributed by atoms with Crippen LogP contribution in [0.2, 0.25) is 0 Å². The van der Waals surface area contributed by atoms with Gasteiger partial charge in [0.15, 0.2) is 0 Å². The van der Waals surface area contributed by atoms with Gasteiger partial charge in [0.1, 0.15) is 0 Å². The molecule has 0 spiro atoms. The minimum absolute atomic E-state index is 0.0153. The van der Waals surface area contributed by atoms with E-state index in [1.165, 1.54) is 6.07 Å². The summed E-state index contributed by atoms with van der Waals surface area (Å²) in [5.74, 6) is -1.70. The molecule has 0 heterocycles. The highest BCUT2D eigenvalue weighted by molar-refractivity contribution is 5.89. The van der Waals surface area contributed by atoms with Crippen molar-refractivity contribution >= 4 is 11.7 Å². The predicted molar refractivity (Wildman–Crippen MR) is 76.7 cm³/mol. The molecule has 1 rings (SSSR count). The third-order valence-corrected chi connectivity index (χ3v) is 3.15.